The summed E-state index contributed by atoms with van der Waals surface area (Å²) in [4.78, 5) is 6.63. The molecule has 3 rings (SSSR count). The summed E-state index contributed by atoms with van der Waals surface area (Å²) >= 11 is 0. The van der Waals surface area contributed by atoms with Crippen molar-refractivity contribution in [2.45, 2.75) is 44.2 Å². The number of likely N-dealkylation sites (tertiary alicyclic amines) is 1. The Bertz CT molecular complexity index is 692. The number of guanidine groups is 1. The molecule has 2 aliphatic rings. The van der Waals surface area contributed by atoms with Crippen LogP contribution in [0.15, 0.2) is 29.3 Å². The molecule has 164 valence electrons. The number of hydrogen-bond donors (Lipinski definition) is 1. The van der Waals surface area contributed by atoms with Gasteiger partial charge in [-0.2, -0.15) is 13.2 Å². The maximum Gasteiger partial charge on any atom is 0.416 e. The summed E-state index contributed by atoms with van der Waals surface area (Å²) in [5.74, 6) is 1.33. The number of halogens is 4. The molecule has 1 saturated heterocycles. The van der Waals surface area contributed by atoms with Gasteiger partial charge in [0.1, 0.15) is 0 Å². The fourth-order valence-corrected chi connectivity index (χ4v) is 4.22. The van der Waals surface area contributed by atoms with Crippen molar-refractivity contribution in [3.05, 3.63) is 35.4 Å². The molecule has 0 amide bonds. The molecule has 1 unspecified atom stereocenters. The van der Waals surface area contributed by atoms with Crippen molar-refractivity contribution >= 4 is 29.9 Å². The van der Waals surface area contributed by atoms with Crippen LogP contribution in [-0.2, 0) is 16.3 Å². The van der Waals surface area contributed by atoms with Gasteiger partial charge in [-0.3, -0.25) is 4.99 Å². The zero-order valence-electron chi connectivity index (χ0n) is 17.1. The standard InChI is InChI=1S/C21H30F3N3O.HI/c1-3-28-14-16-8-11-27(13-16)19(25-2)26-15-20(9-5-10-20)17-6-4-7-18(12-17)21(22,23)24;/h4,6-7,12,16H,3,5,8-11,13-15H2,1-2H3,(H,25,26);1H. The van der Waals surface area contributed by atoms with E-state index in [1.54, 1.807) is 7.05 Å². The first-order valence-corrected chi connectivity index (χ1v) is 10.1. The first-order valence-electron chi connectivity index (χ1n) is 10.1. The van der Waals surface area contributed by atoms with E-state index in [0.717, 1.165) is 69.6 Å². The summed E-state index contributed by atoms with van der Waals surface area (Å²) in [5, 5.41) is 3.44. The fourth-order valence-electron chi connectivity index (χ4n) is 4.22. The molecule has 2 fully saturated rings. The Morgan fingerprint density at radius 1 is 1.34 bits per heavy atom. The molecule has 1 heterocycles. The van der Waals surface area contributed by atoms with Crippen LogP contribution in [-0.4, -0.2) is 50.8 Å². The number of hydrogen-bond acceptors (Lipinski definition) is 2. The van der Waals surface area contributed by atoms with Crippen molar-refractivity contribution in [3.63, 3.8) is 0 Å². The molecular weight excluding hydrogens is 494 g/mol. The summed E-state index contributed by atoms with van der Waals surface area (Å²) in [6.07, 6.45) is -0.414. The van der Waals surface area contributed by atoms with E-state index < -0.39 is 11.7 Å². The van der Waals surface area contributed by atoms with Crippen LogP contribution in [0.4, 0.5) is 13.2 Å². The first kappa shape index (κ1) is 24.2. The third-order valence-electron chi connectivity index (χ3n) is 6.05. The molecule has 0 bridgehead atoms. The average Bonchev–Trinajstić information content (AvgIpc) is 3.10. The van der Waals surface area contributed by atoms with Gasteiger partial charge in [-0.1, -0.05) is 24.6 Å². The lowest BCUT2D eigenvalue weighted by Gasteiger charge is -2.43. The lowest BCUT2D eigenvalue weighted by Crippen LogP contribution is -2.49. The maximum atomic E-state index is 13.1. The Morgan fingerprint density at radius 3 is 2.69 bits per heavy atom. The number of benzene rings is 1. The topological polar surface area (TPSA) is 36.9 Å². The molecule has 1 aromatic carbocycles. The Hall–Kier alpha value is -1.03. The second-order valence-corrected chi connectivity index (χ2v) is 7.87. The Kier molecular flexibility index (Phi) is 8.63. The summed E-state index contributed by atoms with van der Waals surface area (Å²) in [7, 11) is 1.76. The molecule has 1 saturated carbocycles. The van der Waals surface area contributed by atoms with Gasteiger partial charge in [-0.05, 0) is 37.8 Å². The summed E-state index contributed by atoms with van der Waals surface area (Å²) < 4.78 is 44.9. The lowest BCUT2D eigenvalue weighted by molar-refractivity contribution is -0.137. The van der Waals surface area contributed by atoms with E-state index in [9.17, 15) is 13.2 Å². The highest BCUT2D eigenvalue weighted by atomic mass is 127. The fraction of sp³-hybridized carbons (Fsp3) is 0.667. The largest absolute Gasteiger partial charge is 0.416 e. The highest BCUT2D eigenvalue weighted by Crippen LogP contribution is 2.44. The number of ether oxygens (including phenoxy) is 1. The second kappa shape index (κ2) is 10.3. The van der Waals surface area contributed by atoms with Crippen molar-refractivity contribution in [2.24, 2.45) is 10.9 Å². The zero-order valence-corrected chi connectivity index (χ0v) is 19.4. The molecule has 1 atom stereocenters. The van der Waals surface area contributed by atoms with Crippen LogP contribution in [0.3, 0.4) is 0 Å². The van der Waals surface area contributed by atoms with Crippen molar-refractivity contribution < 1.29 is 17.9 Å². The monoisotopic (exact) mass is 525 g/mol. The van der Waals surface area contributed by atoms with Gasteiger partial charge in [0.25, 0.3) is 0 Å². The molecule has 1 aliphatic heterocycles. The minimum atomic E-state index is -4.31. The minimum absolute atomic E-state index is 0. The van der Waals surface area contributed by atoms with E-state index in [4.69, 9.17) is 4.74 Å². The average molecular weight is 525 g/mol. The number of alkyl halides is 3. The molecule has 1 N–H and O–H groups in total. The molecule has 8 heteroatoms. The summed E-state index contributed by atoms with van der Waals surface area (Å²) in [5.41, 5.74) is -0.0482. The number of nitrogens with zero attached hydrogens (tertiary/aromatic N) is 2. The Morgan fingerprint density at radius 2 is 2.10 bits per heavy atom. The van der Waals surface area contributed by atoms with E-state index in [1.807, 2.05) is 13.0 Å². The third kappa shape index (κ3) is 5.77. The van der Waals surface area contributed by atoms with E-state index in [-0.39, 0.29) is 29.4 Å². The lowest BCUT2D eigenvalue weighted by atomic mass is 9.64. The van der Waals surface area contributed by atoms with Crippen LogP contribution in [0.1, 0.15) is 43.7 Å². The quantitative estimate of drug-likeness (QED) is 0.333. The molecule has 0 radical (unpaired) electrons. The molecule has 29 heavy (non-hydrogen) atoms. The number of aliphatic imine (C=N–C) groups is 1. The number of nitrogens with one attached hydrogen (secondary N) is 1. The van der Waals surface area contributed by atoms with Gasteiger partial charge in [0.05, 0.1) is 12.2 Å². The van der Waals surface area contributed by atoms with Crippen LogP contribution in [0.2, 0.25) is 0 Å². The smallest absolute Gasteiger partial charge is 0.381 e. The SMILES string of the molecule is CCOCC1CCN(C(=NC)NCC2(c3cccc(C(F)(F)F)c3)CCC2)C1.I. The van der Waals surface area contributed by atoms with Crippen molar-refractivity contribution in [1.29, 1.82) is 0 Å². The summed E-state index contributed by atoms with van der Waals surface area (Å²) in [6.45, 7) is 5.91. The normalized spacial score (nSPS) is 21.5. The van der Waals surface area contributed by atoms with Crippen molar-refractivity contribution in [1.82, 2.24) is 10.2 Å². The van der Waals surface area contributed by atoms with Crippen LogP contribution in [0.25, 0.3) is 0 Å². The van der Waals surface area contributed by atoms with Gasteiger partial charge in [0.2, 0.25) is 0 Å². The maximum absolute atomic E-state index is 13.1. The Labute approximate surface area is 188 Å². The molecule has 1 aliphatic carbocycles. The second-order valence-electron chi connectivity index (χ2n) is 7.87. The van der Waals surface area contributed by atoms with Gasteiger partial charge >= 0.3 is 6.18 Å². The van der Waals surface area contributed by atoms with Gasteiger partial charge in [-0.15, -0.1) is 24.0 Å². The van der Waals surface area contributed by atoms with Gasteiger partial charge in [0.15, 0.2) is 5.96 Å². The first-order chi connectivity index (χ1) is 13.4. The molecule has 0 aromatic heterocycles. The van der Waals surface area contributed by atoms with Crippen LogP contribution >= 0.6 is 24.0 Å². The third-order valence-corrected chi connectivity index (χ3v) is 6.05. The van der Waals surface area contributed by atoms with Crippen LogP contribution in [0.5, 0.6) is 0 Å². The predicted octanol–water partition coefficient (Wildman–Crippen LogP) is 4.68. The van der Waals surface area contributed by atoms with Gasteiger partial charge in [-0.25, -0.2) is 0 Å². The predicted molar refractivity (Wildman–Crippen MR) is 120 cm³/mol. The Balaban J connectivity index is 0.00000300. The number of rotatable bonds is 6. The van der Waals surface area contributed by atoms with Crippen LogP contribution < -0.4 is 5.32 Å². The van der Waals surface area contributed by atoms with Gasteiger partial charge < -0.3 is 15.0 Å². The van der Waals surface area contributed by atoms with Crippen LogP contribution in [0, 0.1) is 5.92 Å². The minimum Gasteiger partial charge on any atom is -0.381 e. The molecular formula is C21H31F3IN3O. The van der Waals surface area contributed by atoms with Gasteiger partial charge in [0, 0.05) is 44.6 Å². The van der Waals surface area contributed by atoms with E-state index >= 15 is 0 Å². The highest BCUT2D eigenvalue weighted by molar-refractivity contribution is 14.0. The van der Waals surface area contributed by atoms with E-state index in [0.29, 0.717) is 12.5 Å². The van der Waals surface area contributed by atoms with Crippen molar-refractivity contribution in [2.75, 3.05) is 39.9 Å². The van der Waals surface area contributed by atoms with E-state index in [1.165, 1.54) is 12.1 Å². The van der Waals surface area contributed by atoms with E-state index in [2.05, 4.69) is 15.2 Å². The summed E-state index contributed by atoms with van der Waals surface area (Å²) in [6, 6.07) is 5.81. The molecule has 0 spiro atoms. The molecule has 4 nitrogen and oxygen atoms in total. The molecule has 1 aromatic rings. The van der Waals surface area contributed by atoms with Crippen molar-refractivity contribution in [3.8, 4) is 0 Å². The highest BCUT2D eigenvalue weighted by Gasteiger charge is 2.41. The zero-order chi connectivity index (χ0) is 20.2.